The smallest absolute Gasteiger partial charge is 0.360 e. The van der Waals surface area contributed by atoms with Gasteiger partial charge in [0, 0.05) is 0 Å². The molecule has 0 aliphatic heterocycles. The van der Waals surface area contributed by atoms with Crippen LogP contribution in [0.4, 0.5) is 22.0 Å². The lowest BCUT2D eigenvalue weighted by Gasteiger charge is -2.15. The van der Waals surface area contributed by atoms with Gasteiger partial charge in [-0.1, -0.05) is 13.0 Å². The first-order valence-electron chi connectivity index (χ1n) is 8.09. The van der Waals surface area contributed by atoms with Crippen LogP contribution in [-0.2, 0) is 16.2 Å². The molecule has 0 radical (unpaired) electrons. The number of nitrogens with two attached hydrogens (primary N) is 1. The third-order valence-electron chi connectivity index (χ3n) is 4.10. The van der Waals surface area contributed by atoms with Crippen LogP contribution in [0.25, 0.3) is 5.57 Å². The molecule has 0 atom stereocenters. The van der Waals surface area contributed by atoms with E-state index in [1.807, 2.05) is 0 Å². The first kappa shape index (κ1) is 22.2. The molecule has 0 fully saturated rings. The van der Waals surface area contributed by atoms with Gasteiger partial charge in [-0.05, 0) is 41.3 Å². The molecule has 0 aliphatic carbocycles. The maximum Gasteiger partial charge on any atom is 0.360 e. The zero-order valence-corrected chi connectivity index (χ0v) is 14.9. The average molecular weight is 415 g/mol. The minimum atomic E-state index is -2.25. The van der Waals surface area contributed by atoms with Crippen molar-refractivity contribution in [2.24, 2.45) is 5.90 Å². The Morgan fingerprint density at radius 3 is 2.21 bits per heavy atom. The number of aliphatic hydroxyl groups is 1. The monoisotopic (exact) mass is 415 g/mol. The molecule has 10 heteroatoms. The topological polar surface area (TPSA) is 89.6 Å². The zero-order chi connectivity index (χ0) is 21.9. The second-order valence-corrected chi connectivity index (χ2v) is 5.75. The van der Waals surface area contributed by atoms with Gasteiger partial charge in [0.2, 0.25) is 5.78 Å². The molecule has 29 heavy (non-hydrogen) atoms. The van der Waals surface area contributed by atoms with Crippen LogP contribution in [0, 0.1) is 29.1 Å². The summed E-state index contributed by atoms with van der Waals surface area (Å²) < 4.78 is 67.8. The summed E-state index contributed by atoms with van der Waals surface area (Å²) in [5.41, 5.74) is -2.37. The second-order valence-electron chi connectivity index (χ2n) is 5.75. The number of hydrogen-bond acceptors (Lipinski definition) is 5. The van der Waals surface area contributed by atoms with E-state index >= 15 is 0 Å². The number of rotatable bonds is 6. The van der Waals surface area contributed by atoms with Crippen molar-refractivity contribution in [1.29, 1.82) is 0 Å². The number of Topliss-reactive ketones (excluding diaryl/α,β-unsaturated/α-hetero) is 1. The zero-order valence-electron chi connectivity index (χ0n) is 14.9. The average Bonchev–Trinajstić information content (AvgIpc) is 2.72. The lowest BCUT2D eigenvalue weighted by molar-refractivity contribution is -0.139. The van der Waals surface area contributed by atoms with E-state index in [0.717, 1.165) is 18.2 Å². The summed E-state index contributed by atoms with van der Waals surface area (Å²) in [5.74, 6) is -7.18. The first-order chi connectivity index (χ1) is 13.7. The van der Waals surface area contributed by atoms with Crippen LogP contribution < -0.4 is 5.90 Å². The molecular formula is C19H14F5NO4. The summed E-state index contributed by atoms with van der Waals surface area (Å²) in [7, 11) is 0. The lowest BCUT2D eigenvalue weighted by Crippen LogP contribution is -2.22. The number of halogens is 5. The van der Waals surface area contributed by atoms with Crippen molar-refractivity contribution in [1.82, 2.24) is 0 Å². The number of hydrogen-bond donors (Lipinski definition) is 2. The van der Waals surface area contributed by atoms with Gasteiger partial charge in [0.05, 0.1) is 12.2 Å². The minimum absolute atomic E-state index is 0.0219. The standard InChI is InChI=1S/C19H14F5NO4/c1-2-10(11-4-3-9(20)5-8(11)7-26)14(19(28)29-25)18(27)12-6-13(21)16(23)17(24)15(12)22/h3-6,26H,2,7,25H2,1H3. The Morgan fingerprint density at radius 2 is 1.66 bits per heavy atom. The molecule has 0 heterocycles. The highest BCUT2D eigenvalue weighted by atomic mass is 19.2. The van der Waals surface area contributed by atoms with E-state index in [4.69, 9.17) is 5.90 Å². The summed E-state index contributed by atoms with van der Waals surface area (Å²) in [6.45, 7) is 0.767. The van der Waals surface area contributed by atoms with Gasteiger partial charge in [0.15, 0.2) is 23.3 Å². The largest absolute Gasteiger partial charge is 0.392 e. The molecule has 0 aromatic heterocycles. The fourth-order valence-corrected chi connectivity index (χ4v) is 2.77. The highest BCUT2D eigenvalue weighted by Crippen LogP contribution is 2.30. The summed E-state index contributed by atoms with van der Waals surface area (Å²) in [6, 6.07) is 3.13. The fraction of sp³-hybridized carbons (Fsp3) is 0.158. The Hall–Kier alpha value is -3.11. The fourth-order valence-electron chi connectivity index (χ4n) is 2.77. The van der Waals surface area contributed by atoms with E-state index in [2.05, 4.69) is 4.84 Å². The summed E-state index contributed by atoms with van der Waals surface area (Å²) in [6.07, 6.45) is -0.109. The molecular weight excluding hydrogens is 401 g/mol. The molecule has 0 aliphatic rings. The third kappa shape index (κ3) is 4.17. The SMILES string of the molecule is CCC(=C(C(=O)ON)C(=O)c1cc(F)c(F)c(F)c1F)c1ccc(F)cc1CO. The molecule has 0 saturated carbocycles. The number of carbonyl (C=O) groups excluding carboxylic acids is 2. The molecule has 5 nitrogen and oxygen atoms in total. The Bertz CT molecular complexity index is 1020. The van der Waals surface area contributed by atoms with Gasteiger partial charge in [-0.2, -0.15) is 5.90 Å². The van der Waals surface area contributed by atoms with Crippen molar-refractivity contribution in [3.05, 3.63) is 75.6 Å². The van der Waals surface area contributed by atoms with Crippen LogP contribution >= 0.6 is 0 Å². The normalized spacial score (nSPS) is 11.9. The molecule has 0 bridgehead atoms. The number of carbonyl (C=O) groups is 2. The van der Waals surface area contributed by atoms with Crippen molar-refractivity contribution in [2.75, 3.05) is 0 Å². The van der Waals surface area contributed by atoms with E-state index < -0.39 is 58.6 Å². The molecule has 0 unspecified atom stereocenters. The van der Waals surface area contributed by atoms with Crippen LogP contribution in [0.5, 0.6) is 0 Å². The van der Waals surface area contributed by atoms with Crippen molar-refractivity contribution < 1.29 is 41.5 Å². The van der Waals surface area contributed by atoms with Crippen molar-refractivity contribution in [2.45, 2.75) is 20.0 Å². The molecule has 0 amide bonds. The Balaban J connectivity index is 2.83. The molecule has 154 valence electrons. The van der Waals surface area contributed by atoms with Crippen molar-refractivity contribution >= 4 is 17.3 Å². The van der Waals surface area contributed by atoms with Gasteiger partial charge in [-0.3, -0.25) is 4.79 Å². The van der Waals surface area contributed by atoms with Gasteiger partial charge in [-0.15, -0.1) is 0 Å². The third-order valence-corrected chi connectivity index (χ3v) is 4.10. The molecule has 2 aromatic carbocycles. The lowest BCUT2D eigenvalue weighted by atomic mass is 9.89. The van der Waals surface area contributed by atoms with Crippen LogP contribution in [0.3, 0.4) is 0 Å². The van der Waals surface area contributed by atoms with Crippen LogP contribution in [0.15, 0.2) is 29.8 Å². The summed E-state index contributed by atoms with van der Waals surface area (Å²) in [5, 5.41) is 9.45. The predicted molar refractivity (Wildman–Crippen MR) is 90.4 cm³/mol. The molecule has 3 N–H and O–H groups in total. The van der Waals surface area contributed by atoms with Gasteiger partial charge in [0.25, 0.3) is 0 Å². The van der Waals surface area contributed by atoms with Gasteiger partial charge in [-0.25, -0.2) is 26.7 Å². The first-order valence-corrected chi connectivity index (χ1v) is 8.09. The van der Waals surface area contributed by atoms with Crippen molar-refractivity contribution in [3.63, 3.8) is 0 Å². The number of ketones is 1. The van der Waals surface area contributed by atoms with E-state index in [1.54, 1.807) is 0 Å². The summed E-state index contributed by atoms with van der Waals surface area (Å²) in [4.78, 5) is 29.0. The predicted octanol–water partition coefficient (Wildman–Crippen LogP) is 3.34. The maximum atomic E-state index is 14.1. The van der Waals surface area contributed by atoms with E-state index in [-0.39, 0.29) is 29.2 Å². The quantitative estimate of drug-likeness (QED) is 0.110. The molecule has 2 aromatic rings. The van der Waals surface area contributed by atoms with Gasteiger partial charge < -0.3 is 9.94 Å². The van der Waals surface area contributed by atoms with Crippen LogP contribution in [0.2, 0.25) is 0 Å². The molecule has 0 saturated heterocycles. The Labute approximate surface area is 161 Å². The van der Waals surface area contributed by atoms with E-state index in [9.17, 15) is 36.6 Å². The molecule has 2 rings (SSSR count). The minimum Gasteiger partial charge on any atom is -0.392 e. The highest BCUT2D eigenvalue weighted by molar-refractivity contribution is 6.28. The maximum absolute atomic E-state index is 14.1. The van der Waals surface area contributed by atoms with Crippen molar-refractivity contribution in [3.8, 4) is 0 Å². The van der Waals surface area contributed by atoms with Gasteiger partial charge in [0.1, 0.15) is 11.4 Å². The Kier molecular flexibility index (Phi) is 6.83. The number of aliphatic hydroxyl groups excluding tert-OH is 1. The Morgan fingerprint density at radius 1 is 1.00 bits per heavy atom. The second kappa shape index (κ2) is 8.93. The van der Waals surface area contributed by atoms with E-state index in [1.165, 1.54) is 6.92 Å². The summed E-state index contributed by atoms with van der Waals surface area (Å²) >= 11 is 0. The van der Waals surface area contributed by atoms with Crippen LogP contribution in [-0.4, -0.2) is 16.9 Å². The van der Waals surface area contributed by atoms with Gasteiger partial charge >= 0.3 is 5.97 Å². The number of benzene rings is 2. The highest BCUT2D eigenvalue weighted by Gasteiger charge is 2.31. The van der Waals surface area contributed by atoms with Crippen LogP contribution in [0.1, 0.15) is 34.8 Å². The number of allylic oxidation sites excluding steroid dienone is 1. The molecule has 0 spiro atoms. The van der Waals surface area contributed by atoms with E-state index in [0.29, 0.717) is 0 Å².